The van der Waals surface area contributed by atoms with Crippen molar-refractivity contribution in [2.45, 2.75) is 77.5 Å². The highest BCUT2D eigenvalue weighted by molar-refractivity contribution is 5.88. The summed E-state index contributed by atoms with van der Waals surface area (Å²) in [5.41, 5.74) is 5.67. The lowest BCUT2D eigenvalue weighted by Crippen LogP contribution is -2.51. The Morgan fingerprint density at radius 2 is 1.21 bits per heavy atom. The number of carbonyl (C=O) groups excluding carboxylic acids is 4. The first-order chi connectivity index (χ1) is 27.9. The highest BCUT2D eigenvalue weighted by Gasteiger charge is 2.39. The molecule has 4 unspecified atom stereocenters. The van der Waals surface area contributed by atoms with Crippen LogP contribution in [-0.4, -0.2) is 103 Å². The highest BCUT2D eigenvalue weighted by Crippen LogP contribution is 2.35. The highest BCUT2D eigenvalue weighted by atomic mass is 16.5. The lowest BCUT2D eigenvalue weighted by Gasteiger charge is -2.30. The van der Waals surface area contributed by atoms with E-state index in [0.29, 0.717) is 30.4 Å². The van der Waals surface area contributed by atoms with Crippen LogP contribution in [0.5, 0.6) is 0 Å². The lowest BCUT2D eigenvalue weighted by molar-refractivity contribution is -0.136. The summed E-state index contributed by atoms with van der Waals surface area (Å²) in [7, 11) is 2.57. The molecule has 6 heterocycles. The van der Waals surface area contributed by atoms with Gasteiger partial charge in [-0.3, -0.25) is 14.6 Å². The third-order valence-corrected chi connectivity index (χ3v) is 11.0. The molecule has 4 N–H and O–H groups in total. The van der Waals surface area contributed by atoms with Crippen LogP contribution in [0.4, 0.5) is 9.59 Å². The van der Waals surface area contributed by atoms with Crippen molar-refractivity contribution in [3.05, 3.63) is 72.7 Å². The minimum absolute atomic E-state index is 0.114. The van der Waals surface area contributed by atoms with Crippen LogP contribution in [0, 0.1) is 11.8 Å². The number of pyridine rings is 2. The lowest BCUT2D eigenvalue weighted by atomic mass is 10.0. The van der Waals surface area contributed by atoms with Crippen molar-refractivity contribution in [1.29, 1.82) is 0 Å². The van der Waals surface area contributed by atoms with Crippen LogP contribution in [0.2, 0.25) is 0 Å². The Labute approximate surface area is 336 Å². The number of nitrogens with zero attached hydrogens (tertiary/aromatic N) is 6. The van der Waals surface area contributed by atoms with E-state index in [9.17, 15) is 19.2 Å². The van der Waals surface area contributed by atoms with Crippen LogP contribution in [0.1, 0.15) is 77.1 Å². The van der Waals surface area contributed by atoms with Crippen LogP contribution >= 0.6 is 0 Å². The van der Waals surface area contributed by atoms with Gasteiger partial charge in [-0.1, -0.05) is 39.8 Å². The molecule has 2 fully saturated rings. The predicted molar refractivity (Wildman–Crippen MR) is 216 cm³/mol. The first-order valence-electron chi connectivity index (χ1n) is 19.7. The topological polar surface area (TPSA) is 200 Å². The number of amides is 4. The van der Waals surface area contributed by atoms with Gasteiger partial charge in [0.15, 0.2) is 0 Å². The number of fused-ring (bicyclic) bond motifs is 1. The molecule has 0 radical (unpaired) electrons. The van der Waals surface area contributed by atoms with Gasteiger partial charge in [0.1, 0.15) is 23.7 Å². The summed E-state index contributed by atoms with van der Waals surface area (Å²) in [6.07, 6.45) is 7.23. The third kappa shape index (κ3) is 8.22. The SMILES string of the molecule is COC(=O)NC(C(=O)N1CCCC1c1ncc(-c2ccc3nc(-c4ccc(-c5cnc(C6CCCN6C(=O)C(NC(=O)OC)C(C)C)[nH]5)nc4)ccc3c2)[nH]1)C(C)C. The van der Waals surface area contributed by atoms with Gasteiger partial charge in [-0.2, -0.15) is 0 Å². The van der Waals surface area contributed by atoms with E-state index >= 15 is 0 Å². The van der Waals surface area contributed by atoms with Crippen LogP contribution in [0.15, 0.2) is 61.1 Å². The largest absolute Gasteiger partial charge is 0.453 e. The number of hydrogen-bond donors (Lipinski definition) is 4. The summed E-state index contributed by atoms with van der Waals surface area (Å²) < 4.78 is 9.51. The standard InChI is InChI=1S/C42H50N10O6/c1-23(2)35(49-41(55)57-5)39(53)51-17-7-9-33(51)37-44-21-31(47-37)26-12-14-28-25(19-26)11-15-29(46-28)27-13-16-30(43-20-27)32-22-45-38(48-32)34-10-8-18-52(34)40(54)36(24(3)4)50-42(56)58-6/h11-16,19-24,33-36H,7-10,17-18H2,1-6H3,(H,44,47)(H,45,48)(H,49,55)(H,50,56). The number of alkyl carbamates (subject to hydrolysis) is 2. The van der Waals surface area contributed by atoms with E-state index in [0.717, 1.165) is 64.8 Å². The molecular formula is C42H50N10O6. The van der Waals surface area contributed by atoms with E-state index in [2.05, 4.69) is 36.6 Å². The van der Waals surface area contributed by atoms with Gasteiger partial charge in [-0.25, -0.2) is 24.5 Å². The minimum Gasteiger partial charge on any atom is -0.453 e. The van der Waals surface area contributed by atoms with Crippen molar-refractivity contribution in [3.8, 4) is 33.9 Å². The van der Waals surface area contributed by atoms with Crippen molar-refractivity contribution >= 4 is 34.9 Å². The number of aromatic amines is 2. The molecule has 16 nitrogen and oxygen atoms in total. The molecule has 16 heteroatoms. The summed E-state index contributed by atoms with van der Waals surface area (Å²) in [5, 5.41) is 6.33. The number of nitrogens with one attached hydrogen (secondary N) is 4. The monoisotopic (exact) mass is 790 g/mol. The van der Waals surface area contributed by atoms with E-state index in [-0.39, 0.29) is 35.7 Å². The van der Waals surface area contributed by atoms with Crippen LogP contribution in [-0.2, 0) is 19.1 Å². The number of rotatable bonds is 11. The van der Waals surface area contributed by atoms with E-state index in [4.69, 9.17) is 19.4 Å². The first-order valence-corrected chi connectivity index (χ1v) is 19.7. The third-order valence-electron chi connectivity index (χ3n) is 11.0. The average molecular weight is 791 g/mol. The van der Waals surface area contributed by atoms with Crippen molar-refractivity contribution in [2.24, 2.45) is 11.8 Å². The Hall–Kier alpha value is -6.32. The summed E-state index contributed by atoms with van der Waals surface area (Å²) in [6, 6.07) is 12.1. The van der Waals surface area contributed by atoms with Crippen molar-refractivity contribution in [1.82, 2.24) is 50.3 Å². The molecule has 58 heavy (non-hydrogen) atoms. The van der Waals surface area contributed by atoms with Gasteiger partial charge in [0, 0.05) is 35.8 Å². The molecule has 0 bridgehead atoms. The molecule has 0 saturated carbocycles. The number of aromatic nitrogens is 6. The molecule has 304 valence electrons. The Bertz CT molecular complexity index is 2290. The molecule has 4 aromatic heterocycles. The molecule has 4 atom stereocenters. The van der Waals surface area contributed by atoms with Gasteiger partial charge < -0.3 is 39.9 Å². The Morgan fingerprint density at radius 1 is 0.672 bits per heavy atom. The first kappa shape index (κ1) is 39.9. The smallest absolute Gasteiger partial charge is 0.407 e. The fourth-order valence-electron chi connectivity index (χ4n) is 7.83. The number of ether oxygens (including phenoxy) is 2. The van der Waals surface area contributed by atoms with E-state index in [1.807, 2.05) is 64.1 Å². The number of likely N-dealkylation sites (tertiary alicyclic amines) is 2. The molecule has 4 amide bonds. The zero-order chi connectivity index (χ0) is 41.1. The number of benzene rings is 1. The quantitative estimate of drug-likeness (QED) is 0.120. The molecule has 5 aromatic rings. The van der Waals surface area contributed by atoms with Crippen LogP contribution in [0.3, 0.4) is 0 Å². The molecule has 2 aliphatic heterocycles. The zero-order valence-electron chi connectivity index (χ0n) is 33.6. The van der Waals surface area contributed by atoms with Gasteiger partial charge in [0.25, 0.3) is 0 Å². The second kappa shape index (κ2) is 17.0. The molecule has 7 rings (SSSR count). The van der Waals surface area contributed by atoms with Crippen molar-refractivity contribution in [2.75, 3.05) is 27.3 Å². The number of carbonyl (C=O) groups is 4. The maximum atomic E-state index is 13.6. The molecule has 1 aromatic carbocycles. The minimum atomic E-state index is -0.705. The maximum Gasteiger partial charge on any atom is 0.407 e. The summed E-state index contributed by atoms with van der Waals surface area (Å²) in [6.45, 7) is 8.73. The zero-order valence-corrected chi connectivity index (χ0v) is 33.6. The van der Waals surface area contributed by atoms with Crippen LogP contribution in [0.25, 0.3) is 44.8 Å². The number of hydrogen-bond acceptors (Lipinski definition) is 10. The van der Waals surface area contributed by atoms with Crippen LogP contribution < -0.4 is 10.6 Å². The average Bonchev–Trinajstić information content (AvgIpc) is 4.07. The Balaban J connectivity index is 1.02. The fraction of sp³-hybridized carbons (Fsp3) is 0.429. The van der Waals surface area contributed by atoms with Crippen molar-refractivity contribution in [3.63, 3.8) is 0 Å². The summed E-state index contributed by atoms with van der Waals surface area (Å²) in [4.78, 5) is 80.4. The van der Waals surface area contributed by atoms with E-state index in [1.165, 1.54) is 14.2 Å². The number of imidazole rings is 2. The molecule has 0 aliphatic carbocycles. The number of H-pyrrole nitrogens is 2. The van der Waals surface area contributed by atoms with Gasteiger partial charge >= 0.3 is 12.2 Å². The van der Waals surface area contributed by atoms with Gasteiger partial charge in [-0.15, -0.1) is 0 Å². The summed E-state index contributed by atoms with van der Waals surface area (Å²) >= 11 is 0. The maximum absolute atomic E-state index is 13.6. The predicted octanol–water partition coefficient (Wildman–Crippen LogP) is 6.17. The van der Waals surface area contributed by atoms with Gasteiger partial charge in [0.2, 0.25) is 11.8 Å². The van der Waals surface area contributed by atoms with Crippen molar-refractivity contribution < 1.29 is 28.7 Å². The molecule has 0 spiro atoms. The van der Waals surface area contributed by atoms with E-state index < -0.39 is 24.3 Å². The molecule has 2 saturated heterocycles. The normalized spacial score (nSPS) is 17.8. The van der Waals surface area contributed by atoms with E-state index in [1.54, 1.807) is 28.4 Å². The molecule has 2 aliphatic rings. The Morgan fingerprint density at radius 3 is 1.74 bits per heavy atom. The second-order valence-corrected chi connectivity index (χ2v) is 15.5. The van der Waals surface area contributed by atoms with Gasteiger partial charge in [0.05, 0.1) is 67.0 Å². The fourth-order valence-corrected chi connectivity index (χ4v) is 7.83. The molecular weight excluding hydrogens is 741 g/mol. The second-order valence-electron chi connectivity index (χ2n) is 15.5. The van der Waals surface area contributed by atoms with Gasteiger partial charge in [-0.05, 0) is 67.9 Å². The summed E-state index contributed by atoms with van der Waals surface area (Å²) in [5.74, 6) is 0.837. The number of methoxy groups -OCH3 is 2. The Kier molecular flexibility index (Phi) is 11.7.